The van der Waals surface area contributed by atoms with Crippen molar-refractivity contribution >= 4 is 5.82 Å². The van der Waals surface area contributed by atoms with Crippen molar-refractivity contribution in [2.45, 2.75) is 46.0 Å². The van der Waals surface area contributed by atoms with Gasteiger partial charge in [0.05, 0.1) is 5.69 Å². The van der Waals surface area contributed by atoms with Crippen LogP contribution >= 0.6 is 0 Å². The number of nitrogens with two attached hydrogens (primary N) is 1. The van der Waals surface area contributed by atoms with E-state index in [1.807, 2.05) is 6.92 Å². The molecule has 3 rings (SSSR count). The number of nitrogens with zero attached hydrogens (tertiary/aromatic N) is 2. The Balaban J connectivity index is 2.03. The van der Waals surface area contributed by atoms with E-state index in [4.69, 9.17) is 10.7 Å². The molecule has 1 aliphatic rings. The van der Waals surface area contributed by atoms with Crippen molar-refractivity contribution in [3.05, 3.63) is 41.2 Å². The third-order valence-electron chi connectivity index (χ3n) is 3.99. The molecule has 0 saturated heterocycles. The summed E-state index contributed by atoms with van der Waals surface area (Å²) in [7, 11) is 0. The van der Waals surface area contributed by atoms with E-state index in [1.54, 1.807) is 0 Å². The zero-order valence-corrected chi connectivity index (χ0v) is 13.1. The summed E-state index contributed by atoms with van der Waals surface area (Å²) in [5.41, 5.74) is 10.6. The molecule has 1 saturated carbocycles. The van der Waals surface area contributed by atoms with Crippen LogP contribution in [0.4, 0.5) is 5.82 Å². The van der Waals surface area contributed by atoms with Crippen LogP contribution in [0.3, 0.4) is 0 Å². The maximum atomic E-state index is 6.09. The highest BCUT2D eigenvalue weighted by atomic mass is 15.0. The fourth-order valence-corrected chi connectivity index (χ4v) is 2.67. The van der Waals surface area contributed by atoms with Crippen LogP contribution in [-0.2, 0) is 6.42 Å². The van der Waals surface area contributed by atoms with Crippen LogP contribution < -0.4 is 5.73 Å². The summed E-state index contributed by atoms with van der Waals surface area (Å²) in [5, 5.41) is 0. The summed E-state index contributed by atoms with van der Waals surface area (Å²) < 4.78 is 0. The van der Waals surface area contributed by atoms with Crippen LogP contribution in [-0.4, -0.2) is 9.97 Å². The predicted molar refractivity (Wildman–Crippen MR) is 87.1 cm³/mol. The van der Waals surface area contributed by atoms with Gasteiger partial charge in [0.1, 0.15) is 11.6 Å². The highest BCUT2D eigenvalue weighted by molar-refractivity contribution is 5.68. The van der Waals surface area contributed by atoms with Crippen LogP contribution in [0.2, 0.25) is 0 Å². The van der Waals surface area contributed by atoms with E-state index in [0.717, 1.165) is 29.1 Å². The van der Waals surface area contributed by atoms with Crippen molar-refractivity contribution in [1.82, 2.24) is 9.97 Å². The van der Waals surface area contributed by atoms with Crippen molar-refractivity contribution in [3.63, 3.8) is 0 Å². The Hall–Kier alpha value is -1.90. The van der Waals surface area contributed by atoms with Crippen molar-refractivity contribution in [1.29, 1.82) is 0 Å². The quantitative estimate of drug-likeness (QED) is 0.917. The Morgan fingerprint density at radius 3 is 2.67 bits per heavy atom. The number of aromatic nitrogens is 2. The molecule has 0 bridgehead atoms. The van der Waals surface area contributed by atoms with E-state index in [-0.39, 0.29) is 0 Å². The zero-order chi connectivity index (χ0) is 15.0. The molecule has 3 nitrogen and oxygen atoms in total. The van der Waals surface area contributed by atoms with Gasteiger partial charge >= 0.3 is 0 Å². The molecule has 0 unspecified atom stereocenters. The van der Waals surface area contributed by atoms with Crippen LogP contribution in [0.1, 0.15) is 49.6 Å². The molecule has 2 N–H and O–H groups in total. The Morgan fingerprint density at radius 1 is 1.24 bits per heavy atom. The summed E-state index contributed by atoms with van der Waals surface area (Å²) in [5.74, 6) is 2.71. The Labute approximate surface area is 126 Å². The molecule has 3 heteroatoms. The zero-order valence-electron chi connectivity index (χ0n) is 13.1. The van der Waals surface area contributed by atoms with Gasteiger partial charge in [-0.25, -0.2) is 9.97 Å². The number of rotatable bonds is 4. The largest absolute Gasteiger partial charge is 0.383 e. The molecule has 21 heavy (non-hydrogen) atoms. The van der Waals surface area contributed by atoms with Crippen molar-refractivity contribution < 1.29 is 0 Å². The van der Waals surface area contributed by atoms with Crippen molar-refractivity contribution in [2.24, 2.45) is 5.92 Å². The summed E-state index contributed by atoms with van der Waals surface area (Å²) in [6.07, 6.45) is 3.47. The van der Waals surface area contributed by atoms with Gasteiger partial charge < -0.3 is 5.73 Å². The molecule has 2 aromatic rings. The van der Waals surface area contributed by atoms with Gasteiger partial charge in [0.25, 0.3) is 0 Å². The highest BCUT2D eigenvalue weighted by Gasteiger charge is 2.28. The molecular weight excluding hydrogens is 258 g/mol. The molecule has 1 aromatic carbocycles. The monoisotopic (exact) mass is 281 g/mol. The van der Waals surface area contributed by atoms with Crippen LogP contribution in [0.25, 0.3) is 11.3 Å². The average molecular weight is 281 g/mol. The predicted octanol–water partition coefficient (Wildman–Crippen LogP) is 4.11. The normalized spacial score (nSPS) is 14.7. The van der Waals surface area contributed by atoms with Crippen LogP contribution in [0.5, 0.6) is 0 Å². The standard InChI is InChI=1S/C18H23N3/c1-11(2)9-13-5-4-6-15(10-13)16-12(3)17(19)21-18(20-16)14-7-8-14/h4-6,10-11,14H,7-9H2,1-3H3,(H2,19,20,21). The minimum atomic E-state index is 0.519. The topological polar surface area (TPSA) is 51.8 Å². The maximum absolute atomic E-state index is 6.09. The van der Waals surface area contributed by atoms with Gasteiger partial charge in [-0.05, 0) is 43.7 Å². The lowest BCUT2D eigenvalue weighted by molar-refractivity contribution is 0.647. The Bertz CT molecular complexity index is 658. The van der Waals surface area contributed by atoms with E-state index < -0.39 is 0 Å². The summed E-state index contributed by atoms with van der Waals surface area (Å²) in [4.78, 5) is 9.25. The maximum Gasteiger partial charge on any atom is 0.134 e. The molecule has 1 fully saturated rings. The number of hydrogen-bond donors (Lipinski definition) is 1. The Morgan fingerprint density at radius 2 is 2.00 bits per heavy atom. The van der Waals surface area contributed by atoms with E-state index in [1.165, 1.54) is 18.4 Å². The minimum absolute atomic E-state index is 0.519. The van der Waals surface area contributed by atoms with E-state index >= 15 is 0 Å². The number of anilines is 1. The van der Waals surface area contributed by atoms with Gasteiger partial charge in [0.2, 0.25) is 0 Å². The van der Waals surface area contributed by atoms with Gasteiger partial charge in [0.15, 0.2) is 0 Å². The highest BCUT2D eigenvalue weighted by Crippen LogP contribution is 2.39. The molecule has 0 aliphatic heterocycles. The summed E-state index contributed by atoms with van der Waals surface area (Å²) in [6.45, 7) is 6.49. The SMILES string of the molecule is Cc1c(N)nc(C2CC2)nc1-c1cccc(CC(C)C)c1. The molecule has 0 amide bonds. The second kappa shape index (κ2) is 5.47. The lowest BCUT2D eigenvalue weighted by Gasteiger charge is -2.12. The average Bonchev–Trinajstić information content (AvgIpc) is 3.25. The van der Waals surface area contributed by atoms with Crippen LogP contribution in [0, 0.1) is 12.8 Å². The number of nitrogen functional groups attached to an aromatic ring is 1. The van der Waals surface area contributed by atoms with Crippen molar-refractivity contribution in [3.8, 4) is 11.3 Å². The minimum Gasteiger partial charge on any atom is -0.383 e. The molecule has 0 radical (unpaired) electrons. The second-order valence-electron chi connectivity index (χ2n) is 6.51. The molecule has 0 spiro atoms. The number of benzene rings is 1. The first kappa shape index (κ1) is 14.1. The summed E-state index contributed by atoms with van der Waals surface area (Å²) >= 11 is 0. The van der Waals surface area contributed by atoms with Crippen molar-refractivity contribution in [2.75, 3.05) is 5.73 Å². The smallest absolute Gasteiger partial charge is 0.134 e. The van der Waals surface area contributed by atoms with E-state index in [0.29, 0.717) is 17.7 Å². The first-order valence-electron chi connectivity index (χ1n) is 7.78. The van der Waals surface area contributed by atoms with Gasteiger partial charge in [-0.1, -0.05) is 32.0 Å². The molecule has 0 atom stereocenters. The number of hydrogen-bond acceptors (Lipinski definition) is 3. The van der Waals surface area contributed by atoms with E-state index in [2.05, 4.69) is 43.1 Å². The van der Waals surface area contributed by atoms with Gasteiger partial charge in [-0.3, -0.25) is 0 Å². The fourth-order valence-electron chi connectivity index (χ4n) is 2.67. The fraction of sp³-hybridized carbons (Fsp3) is 0.444. The molecule has 110 valence electrons. The van der Waals surface area contributed by atoms with Gasteiger partial charge in [-0.2, -0.15) is 0 Å². The summed E-state index contributed by atoms with van der Waals surface area (Å²) in [6, 6.07) is 8.66. The first-order valence-corrected chi connectivity index (χ1v) is 7.78. The third-order valence-corrected chi connectivity index (χ3v) is 3.99. The second-order valence-corrected chi connectivity index (χ2v) is 6.51. The lowest BCUT2D eigenvalue weighted by atomic mass is 9.98. The molecular formula is C18H23N3. The first-order chi connectivity index (χ1) is 10.0. The van der Waals surface area contributed by atoms with Gasteiger partial charge in [-0.15, -0.1) is 0 Å². The molecule has 1 aliphatic carbocycles. The third kappa shape index (κ3) is 3.07. The molecule has 1 heterocycles. The van der Waals surface area contributed by atoms with E-state index in [9.17, 15) is 0 Å². The van der Waals surface area contributed by atoms with Crippen LogP contribution in [0.15, 0.2) is 24.3 Å². The lowest BCUT2D eigenvalue weighted by Crippen LogP contribution is -2.04. The molecule has 1 aromatic heterocycles. The van der Waals surface area contributed by atoms with Gasteiger partial charge in [0, 0.05) is 17.0 Å². The Kier molecular flexibility index (Phi) is 3.66.